The number of benzene rings is 1. The van der Waals surface area contributed by atoms with Crippen molar-refractivity contribution in [1.29, 1.82) is 0 Å². The van der Waals surface area contributed by atoms with Gasteiger partial charge in [0.05, 0.1) is 17.7 Å². The Balaban J connectivity index is 0.000000153. The fraction of sp³-hybridized carbons (Fsp3) is 0.182. The molecule has 0 bridgehead atoms. The first-order chi connectivity index (χ1) is 8.18. The van der Waals surface area contributed by atoms with Gasteiger partial charge in [-0.2, -0.15) is 0 Å². The number of carbonyl (C=O) groups excluding carboxylic acids is 3. The number of hydrogen-bond donors (Lipinski definition) is 2. The molecule has 0 saturated carbocycles. The van der Waals surface area contributed by atoms with Crippen molar-refractivity contribution in [3.05, 3.63) is 35.4 Å². The molecule has 0 atom stereocenters. The minimum atomic E-state index is -0.300. The van der Waals surface area contributed by atoms with Crippen LogP contribution >= 0.6 is 0 Å². The van der Waals surface area contributed by atoms with Gasteiger partial charge in [0.1, 0.15) is 6.61 Å². The van der Waals surface area contributed by atoms with Crippen molar-refractivity contribution < 1.29 is 19.1 Å². The third kappa shape index (κ3) is 2.41. The SMILES string of the molecule is O=C1NC(=O)c2ccccc21.O=C1NCCO1. The van der Waals surface area contributed by atoms with Crippen LogP contribution in [0, 0.1) is 0 Å². The average molecular weight is 234 g/mol. The lowest BCUT2D eigenvalue weighted by atomic mass is 10.1. The summed E-state index contributed by atoms with van der Waals surface area (Å²) in [4.78, 5) is 31.8. The molecule has 2 heterocycles. The standard InChI is InChI=1S/C8H5NO2.C3H5NO2/c10-7-5-3-1-2-4-6(5)8(11)9-7;5-3-4-1-2-6-3/h1-4H,(H,9,10,11);1-2H2,(H,4,5). The second-order valence-corrected chi connectivity index (χ2v) is 3.39. The lowest BCUT2D eigenvalue weighted by molar-refractivity contribution is 0.0879. The zero-order valence-electron chi connectivity index (χ0n) is 8.86. The van der Waals surface area contributed by atoms with Crippen molar-refractivity contribution in [3.63, 3.8) is 0 Å². The summed E-state index contributed by atoms with van der Waals surface area (Å²) in [5, 5.41) is 4.66. The van der Waals surface area contributed by atoms with Gasteiger partial charge in [0, 0.05) is 0 Å². The summed E-state index contributed by atoms with van der Waals surface area (Å²) in [6, 6.07) is 6.74. The van der Waals surface area contributed by atoms with E-state index in [2.05, 4.69) is 15.4 Å². The molecular formula is C11H10N2O4. The van der Waals surface area contributed by atoms with Gasteiger partial charge in [-0.25, -0.2) is 4.79 Å². The number of rotatable bonds is 0. The number of nitrogens with one attached hydrogen (secondary N) is 2. The molecule has 0 spiro atoms. The smallest absolute Gasteiger partial charge is 0.407 e. The van der Waals surface area contributed by atoms with E-state index in [-0.39, 0.29) is 17.9 Å². The highest BCUT2D eigenvalue weighted by atomic mass is 16.6. The molecule has 1 aromatic rings. The minimum Gasteiger partial charge on any atom is -0.448 e. The topological polar surface area (TPSA) is 84.5 Å². The fourth-order valence-corrected chi connectivity index (χ4v) is 1.46. The molecule has 1 fully saturated rings. The van der Waals surface area contributed by atoms with E-state index in [4.69, 9.17) is 0 Å². The van der Waals surface area contributed by atoms with E-state index in [9.17, 15) is 14.4 Å². The highest BCUT2D eigenvalue weighted by Gasteiger charge is 2.25. The molecule has 0 aliphatic carbocycles. The number of imide groups is 1. The molecule has 1 saturated heterocycles. The Hall–Kier alpha value is -2.37. The number of cyclic esters (lactones) is 1. The van der Waals surface area contributed by atoms with Crippen LogP contribution in [-0.2, 0) is 4.74 Å². The Kier molecular flexibility index (Phi) is 3.04. The van der Waals surface area contributed by atoms with Crippen LogP contribution < -0.4 is 10.6 Å². The first-order valence-electron chi connectivity index (χ1n) is 5.04. The molecule has 3 amide bonds. The Bertz CT molecular complexity index is 443. The molecule has 0 aromatic heterocycles. The number of hydrogen-bond acceptors (Lipinski definition) is 4. The Morgan fingerprint density at radius 2 is 1.59 bits per heavy atom. The maximum Gasteiger partial charge on any atom is 0.407 e. The lowest BCUT2D eigenvalue weighted by Gasteiger charge is -1.88. The van der Waals surface area contributed by atoms with Crippen molar-refractivity contribution in [2.75, 3.05) is 13.2 Å². The van der Waals surface area contributed by atoms with Crippen LogP contribution in [0.4, 0.5) is 4.79 Å². The summed E-state index contributed by atoms with van der Waals surface area (Å²) in [6.07, 6.45) is -0.296. The van der Waals surface area contributed by atoms with Gasteiger partial charge in [0.2, 0.25) is 0 Å². The fourth-order valence-electron chi connectivity index (χ4n) is 1.46. The van der Waals surface area contributed by atoms with Crippen LogP contribution in [0.15, 0.2) is 24.3 Å². The maximum atomic E-state index is 10.9. The molecule has 0 unspecified atom stereocenters. The van der Waals surface area contributed by atoms with Gasteiger partial charge in [0.25, 0.3) is 11.8 Å². The molecule has 17 heavy (non-hydrogen) atoms. The minimum absolute atomic E-state index is 0.296. The predicted molar refractivity (Wildman–Crippen MR) is 57.6 cm³/mol. The van der Waals surface area contributed by atoms with Gasteiger partial charge in [-0.05, 0) is 12.1 Å². The quantitative estimate of drug-likeness (QED) is 0.632. The van der Waals surface area contributed by atoms with Gasteiger partial charge in [-0.1, -0.05) is 12.1 Å². The second-order valence-electron chi connectivity index (χ2n) is 3.39. The number of amides is 3. The van der Waals surface area contributed by atoms with E-state index in [1.165, 1.54) is 0 Å². The zero-order valence-corrected chi connectivity index (χ0v) is 8.86. The summed E-state index contributed by atoms with van der Waals surface area (Å²) in [5.41, 5.74) is 0.940. The number of carbonyl (C=O) groups is 3. The van der Waals surface area contributed by atoms with Crippen molar-refractivity contribution in [3.8, 4) is 0 Å². The first-order valence-corrected chi connectivity index (χ1v) is 5.04. The van der Waals surface area contributed by atoms with Crippen LogP contribution in [0.1, 0.15) is 20.7 Å². The summed E-state index contributed by atoms with van der Waals surface area (Å²) in [6.45, 7) is 1.19. The van der Waals surface area contributed by atoms with E-state index in [0.717, 1.165) is 0 Å². The van der Waals surface area contributed by atoms with Crippen molar-refractivity contribution in [2.45, 2.75) is 0 Å². The average Bonchev–Trinajstić information content (AvgIpc) is 2.90. The lowest BCUT2D eigenvalue weighted by Crippen LogP contribution is -2.19. The Labute approximate surface area is 96.9 Å². The highest BCUT2D eigenvalue weighted by Crippen LogP contribution is 2.13. The van der Waals surface area contributed by atoms with Crippen LogP contribution in [0.3, 0.4) is 0 Å². The number of fused-ring (bicyclic) bond motifs is 1. The zero-order chi connectivity index (χ0) is 12.3. The molecule has 3 rings (SSSR count). The summed E-state index contributed by atoms with van der Waals surface area (Å²) < 4.78 is 4.40. The molecule has 0 radical (unpaired) electrons. The van der Waals surface area contributed by atoms with E-state index in [1.54, 1.807) is 24.3 Å². The second kappa shape index (κ2) is 4.65. The van der Waals surface area contributed by atoms with Gasteiger partial charge < -0.3 is 10.1 Å². The van der Waals surface area contributed by atoms with Crippen LogP contribution in [0.5, 0.6) is 0 Å². The van der Waals surface area contributed by atoms with Crippen LogP contribution in [-0.4, -0.2) is 31.1 Å². The number of ether oxygens (including phenoxy) is 1. The molecule has 6 heteroatoms. The highest BCUT2D eigenvalue weighted by molar-refractivity contribution is 6.21. The van der Waals surface area contributed by atoms with E-state index < -0.39 is 0 Å². The summed E-state index contributed by atoms with van der Waals surface area (Å²) in [7, 11) is 0. The van der Waals surface area contributed by atoms with Crippen molar-refractivity contribution >= 4 is 17.9 Å². The molecule has 88 valence electrons. The Morgan fingerprint density at radius 3 is 1.94 bits per heavy atom. The van der Waals surface area contributed by atoms with Gasteiger partial charge in [-0.3, -0.25) is 14.9 Å². The van der Waals surface area contributed by atoms with E-state index >= 15 is 0 Å². The van der Waals surface area contributed by atoms with E-state index in [1.807, 2.05) is 0 Å². The molecule has 1 aromatic carbocycles. The normalized spacial score (nSPS) is 16.4. The first kappa shape index (κ1) is 11.1. The Morgan fingerprint density at radius 1 is 1.00 bits per heavy atom. The molecule has 2 N–H and O–H groups in total. The summed E-state index contributed by atoms with van der Waals surface area (Å²) >= 11 is 0. The molecular weight excluding hydrogens is 224 g/mol. The van der Waals surface area contributed by atoms with Crippen LogP contribution in [0.25, 0.3) is 0 Å². The van der Waals surface area contributed by atoms with Crippen LogP contribution in [0.2, 0.25) is 0 Å². The van der Waals surface area contributed by atoms with Gasteiger partial charge in [-0.15, -0.1) is 0 Å². The number of alkyl carbamates (subject to hydrolysis) is 1. The molecule has 6 nitrogen and oxygen atoms in total. The summed E-state index contributed by atoms with van der Waals surface area (Å²) in [5.74, 6) is -0.601. The predicted octanol–water partition coefficient (Wildman–Crippen LogP) is 0.296. The van der Waals surface area contributed by atoms with Crippen molar-refractivity contribution in [2.24, 2.45) is 0 Å². The third-order valence-electron chi connectivity index (χ3n) is 2.25. The molecule has 2 aliphatic heterocycles. The van der Waals surface area contributed by atoms with Crippen molar-refractivity contribution in [1.82, 2.24) is 10.6 Å². The molecule has 2 aliphatic rings. The monoisotopic (exact) mass is 234 g/mol. The van der Waals surface area contributed by atoms with Gasteiger partial charge in [0.15, 0.2) is 0 Å². The van der Waals surface area contributed by atoms with E-state index in [0.29, 0.717) is 24.3 Å². The van der Waals surface area contributed by atoms with Gasteiger partial charge >= 0.3 is 6.09 Å². The third-order valence-corrected chi connectivity index (χ3v) is 2.25. The maximum absolute atomic E-state index is 10.9. The largest absolute Gasteiger partial charge is 0.448 e.